The first-order valence-electron chi connectivity index (χ1n) is 11.6. The minimum absolute atomic E-state index is 0.0549. The third kappa shape index (κ3) is 2.71. The van der Waals surface area contributed by atoms with Gasteiger partial charge in [0, 0.05) is 22.5 Å². The Kier molecular flexibility index (Phi) is 4.74. The van der Waals surface area contributed by atoms with Crippen molar-refractivity contribution in [1.82, 2.24) is 4.90 Å². The quantitative estimate of drug-likeness (QED) is 0.386. The molecule has 2 unspecified atom stereocenters. The molecular weight excluding hydrogens is 440 g/mol. The van der Waals surface area contributed by atoms with E-state index >= 15 is 0 Å². The molecule has 2 fully saturated rings. The highest BCUT2D eigenvalue weighted by Gasteiger charge is 2.65. The Labute approximate surface area is 196 Å². The molecule has 6 atom stereocenters. The number of ketones is 2. The summed E-state index contributed by atoms with van der Waals surface area (Å²) in [4.78, 5) is 40.6. The van der Waals surface area contributed by atoms with Crippen molar-refractivity contribution < 1.29 is 34.8 Å². The number of carbonyl (C=O) groups is 3. The van der Waals surface area contributed by atoms with Crippen LogP contribution in [0, 0.1) is 29.1 Å². The van der Waals surface area contributed by atoms with E-state index in [-0.39, 0.29) is 29.2 Å². The zero-order valence-corrected chi connectivity index (χ0v) is 19.4. The van der Waals surface area contributed by atoms with Crippen molar-refractivity contribution in [3.63, 3.8) is 0 Å². The molecule has 0 heterocycles. The lowest BCUT2D eigenvalue weighted by Crippen LogP contribution is -2.64. The van der Waals surface area contributed by atoms with E-state index in [0.717, 1.165) is 12.8 Å². The van der Waals surface area contributed by atoms with Gasteiger partial charge >= 0.3 is 0 Å². The van der Waals surface area contributed by atoms with Crippen LogP contribution in [0.3, 0.4) is 0 Å². The molecule has 0 bridgehead atoms. The molecule has 0 saturated heterocycles. The highest BCUT2D eigenvalue weighted by atomic mass is 16.3. The van der Waals surface area contributed by atoms with Crippen LogP contribution in [-0.2, 0) is 14.4 Å². The number of hydrogen-bond donors (Lipinski definition) is 5. The maximum Gasteiger partial charge on any atom is 0.255 e. The van der Waals surface area contributed by atoms with Gasteiger partial charge in [0.2, 0.25) is 5.78 Å². The average Bonchev–Trinajstić information content (AvgIpc) is 3.55. The van der Waals surface area contributed by atoms with Crippen LogP contribution in [0.4, 0.5) is 0 Å². The van der Waals surface area contributed by atoms with E-state index in [4.69, 9.17) is 5.73 Å². The second kappa shape index (κ2) is 7.05. The summed E-state index contributed by atoms with van der Waals surface area (Å²) in [5, 5.41) is 44.5. The van der Waals surface area contributed by atoms with Crippen molar-refractivity contribution in [1.29, 1.82) is 0 Å². The van der Waals surface area contributed by atoms with Gasteiger partial charge in [0.05, 0.1) is 6.04 Å². The number of carbonyl (C=O) groups excluding carboxylic acids is 3. The van der Waals surface area contributed by atoms with Gasteiger partial charge in [-0.1, -0.05) is 13.0 Å². The number of nitrogens with two attached hydrogens (primary N) is 1. The van der Waals surface area contributed by atoms with E-state index in [1.807, 2.05) is 13.0 Å². The molecule has 0 spiro atoms. The number of amides is 1. The topological polar surface area (TPSA) is 161 Å². The normalized spacial score (nSPS) is 39.9. The van der Waals surface area contributed by atoms with Crippen molar-refractivity contribution in [3.8, 4) is 0 Å². The van der Waals surface area contributed by atoms with Gasteiger partial charge in [0.1, 0.15) is 22.9 Å². The highest BCUT2D eigenvalue weighted by molar-refractivity contribution is 6.24. The lowest BCUT2D eigenvalue weighted by molar-refractivity contribution is -0.149. The number of primary amides is 1. The lowest BCUT2D eigenvalue weighted by Gasteiger charge is -2.53. The zero-order valence-electron chi connectivity index (χ0n) is 19.4. The molecule has 5 rings (SSSR count). The standard InChI is InChI=1S/C25H30N2O7/c1-24-9-11-8-13-18(27(2)3)20(30)16(23(26)33)22(32)25(13,34)21(31)15(11)19(29)17(24)14(28)7-6-12(24)10-4-5-10/h6-7,10-13,18,28,30-31,34H,4-5,8-9H2,1-3H3,(H2,26,33)/t11-,12?,13+,18+,24?,25+/m1/s1. The number of hydrogen-bond acceptors (Lipinski definition) is 8. The van der Waals surface area contributed by atoms with Gasteiger partial charge in [-0.2, -0.15) is 0 Å². The molecule has 0 aliphatic heterocycles. The Bertz CT molecular complexity index is 1160. The van der Waals surface area contributed by atoms with Crippen LogP contribution in [0.2, 0.25) is 0 Å². The third-order valence-electron chi connectivity index (χ3n) is 8.69. The number of fused-ring (bicyclic) bond motifs is 3. The van der Waals surface area contributed by atoms with E-state index in [2.05, 4.69) is 0 Å². The second-order valence-corrected chi connectivity index (χ2v) is 10.9. The first kappa shape index (κ1) is 22.9. The van der Waals surface area contributed by atoms with Crippen molar-refractivity contribution in [2.45, 2.75) is 44.2 Å². The fraction of sp³-hybridized carbons (Fsp3) is 0.560. The van der Waals surface area contributed by atoms with Crippen LogP contribution in [0.15, 0.2) is 46.1 Å². The summed E-state index contributed by atoms with van der Waals surface area (Å²) in [7, 11) is 3.24. The number of aliphatic hydroxyl groups is 4. The van der Waals surface area contributed by atoms with Crippen LogP contribution >= 0.6 is 0 Å². The van der Waals surface area contributed by atoms with Crippen LogP contribution in [0.25, 0.3) is 0 Å². The number of nitrogens with zero attached hydrogens (tertiary/aromatic N) is 1. The summed E-state index contributed by atoms with van der Waals surface area (Å²) < 4.78 is 0. The molecule has 9 nitrogen and oxygen atoms in total. The summed E-state index contributed by atoms with van der Waals surface area (Å²) in [6, 6.07) is -0.979. The SMILES string of the molecule is CN(C)[C@@H]1C(O)=C(C(N)=O)C(=O)[C@@]2(O)C(O)=C3C(=O)C4=C(O)C=CC(C5CC5)C4(C)C[C@H]3C[C@@H]12. The molecule has 5 aliphatic rings. The number of allylic oxidation sites excluding steroid dienone is 4. The molecular formula is C25H30N2O7. The smallest absolute Gasteiger partial charge is 0.255 e. The number of likely N-dealkylation sites (N-methyl/N-ethyl adjacent to an activating group) is 1. The van der Waals surface area contributed by atoms with Gasteiger partial charge in [-0.05, 0) is 63.6 Å². The Morgan fingerprint density at radius 1 is 1.18 bits per heavy atom. The molecule has 34 heavy (non-hydrogen) atoms. The molecule has 2 saturated carbocycles. The average molecular weight is 471 g/mol. The number of Topliss-reactive ketones (excluding diaryl/α,β-unsaturated/α-hetero) is 2. The molecule has 9 heteroatoms. The highest BCUT2D eigenvalue weighted by Crippen LogP contribution is 2.61. The minimum atomic E-state index is -2.60. The van der Waals surface area contributed by atoms with E-state index < -0.39 is 63.5 Å². The molecule has 1 amide bonds. The predicted molar refractivity (Wildman–Crippen MR) is 120 cm³/mol. The summed E-state index contributed by atoms with van der Waals surface area (Å²) in [5.74, 6) is -5.63. The molecule has 6 N–H and O–H groups in total. The monoisotopic (exact) mass is 470 g/mol. The summed E-state index contributed by atoms with van der Waals surface area (Å²) in [6.07, 6.45) is 6.11. The second-order valence-electron chi connectivity index (χ2n) is 10.9. The van der Waals surface area contributed by atoms with Crippen molar-refractivity contribution in [3.05, 3.63) is 46.1 Å². The van der Waals surface area contributed by atoms with E-state index in [9.17, 15) is 34.8 Å². The minimum Gasteiger partial charge on any atom is -0.510 e. The first-order chi connectivity index (χ1) is 15.9. The zero-order chi connectivity index (χ0) is 24.9. The Morgan fingerprint density at radius 2 is 1.82 bits per heavy atom. The first-order valence-corrected chi connectivity index (χ1v) is 11.6. The van der Waals surface area contributed by atoms with E-state index in [0.29, 0.717) is 12.3 Å². The van der Waals surface area contributed by atoms with Crippen molar-refractivity contribution in [2.75, 3.05) is 14.1 Å². The Morgan fingerprint density at radius 3 is 2.38 bits per heavy atom. The van der Waals surface area contributed by atoms with Crippen molar-refractivity contribution in [2.24, 2.45) is 34.8 Å². The maximum absolute atomic E-state index is 13.8. The van der Waals surface area contributed by atoms with Gasteiger partial charge in [-0.15, -0.1) is 0 Å². The van der Waals surface area contributed by atoms with Crippen LogP contribution in [0.5, 0.6) is 0 Å². The molecule has 0 aromatic carbocycles. The number of aliphatic hydroxyl groups excluding tert-OH is 3. The Balaban J connectivity index is 1.70. The molecule has 0 aromatic rings. The molecule has 182 valence electrons. The lowest BCUT2D eigenvalue weighted by atomic mass is 9.51. The maximum atomic E-state index is 13.8. The van der Waals surface area contributed by atoms with Crippen LogP contribution in [0.1, 0.15) is 32.6 Å². The van der Waals surface area contributed by atoms with Gasteiger partial charge in [0.25, 0.3) is 5.91 Å². The van der Waals surface area contributed by atoms with Gasteiger partial charge in [-0.25, -0.2) is 0 Å². The molecule has 0 radical (unpaired) electrons. The van der Waals surface area contributed by atoms with E-state index in [1.54, 1.807) is 19.0 Å². The molecule has 5 aliphatic carbocycles. The van der Waals surface area contributed by atoms with Gasteiger partial charge in [-0.3, -0.25) is 19.3 Å². The summed E-state index contributed by atoms with van der Waals surface area (Å²) in [5.41, 5.74) is 1.38. The van der Waals surface area contributed by atoms with Crippen LogP contribution < -0.4 is 5.73 Å². The summed E-state index contributed by atoms with van der Waals surface area (Å²) in [6.45, 7) is 1.95. The fourth-order valence-corrected chi connectivity index (χ4v) is 7.11. The summed E-state index contributed by atoms with van der Waals surface area (Å²) >= 11 is 0. The largest absolute Gasteiger partial charge is 0.510 e. The van der Waals surface area contributed by atoms with Crippen LogP contribution in [-0.4, -0.2) is 68.5 Å². The predicted octanol–water partition coefficient (Wildman–Crippen LogP) is 1.36. The van der Waals surface area contributed by atoms with Crippen molar-refractivity contribution >= 4 is 17.5 Å². The van der Waals surface area contributed by atoms with Gasteiger partial charge in [0.15, 0.2) is 11.4 Å². The van der Waals surface area contributed by atoms with E-state index in [1.165, 1.54) is 6.08 Å². The molecule has 0 aromatic heterocycles. The van der Waals surface area contributed by atoms with Gasteiger partial charge < -0.3 is 26.2 Å². The third-order valence-corrected chi connectivity index (χ3v) is 8.69. The Hall–Kier alpha value is -2.91. The number of rotatable bonds is 3. The fourth-order valence-electron chi connectivity index (χ4n) is 7.11.